The van der Waals surface area contributed by atoms with E-state index in [-0.39, 0.29) is 16.8 Å². The highest BCUT2D eigenvalue weighted by Gasteiger charge is 2.24. The van der Waals surface area contributed by atoms with Crippen molar-refractivity contribution in [1.29, 1.82) is 0 Å². The molecule has 3 nitrogen and oxygen atoms in total. The predicted molar refractivity (Wildman–Crippen MR) is 85.5 cm³/mol. The van der Waals surface area contributed by atoms with Crippen molar-refractivity contribution >= 4 is 11.8 Å². The summed E-state index contributed by atoms with van der Waals surface area (Å²) in [5.41, 5.74) is 1.74. The highest BCUT2D eigenvalue weighted by Crippen LogP contribution is 2.31. The number of carbonyl (C=O) groups is 2. The number of Topliss-reactive ketones (excluding diaryl/α,β-unsaturated/α-hetero) is 1. The van der Waals surface area contributed by atoms with Gasteiger partial charge in [0, 0.05) is 17.6 Å². The van der Waals surface area contributed by atoms with E-state index in [1.165, 1.54) is 12.1 Å². The molecule has 3 heteroatoms. The molecule has 1 aliphatic carbocycles. The summed E-state index contributed by atoms with van der Waals surface area (Å²) in [6, 6.07) is 6.37. The lowest BCUT2D eigenvalue weighted by Crippen LogP contribution is -2.18. The van der Waals surface area contributed by atoms with Gasteiger partial charge < -0.3 is 5.11 Å². The Morgan fingerprint density at radius 2 is 1.95 bits per heavy atom. The average molecular weight is 294 g/mol. The second-order valence-corrected chi connectivity index (χ2v) is 6.00. The second kappa shape index (κ2) is 6.44. The molecule has 22 heavy (non-hydrogen) atoms. The molecule has 0 spiro atoms. The van der Waals surface area contributed by atoms with Crippen LogP contribution in [0.2, 0.25) is 0 Å². The monoisotopic (exact) mass is 294 g/mol. The minimum absolute atomic E-state index is 0.0493. The van der Waals surface area contributed by atoms with E-state index in [0.717, 1.165) is 12.0 Å². The fraction of sp³-hybridized carbons (Fsp3) is 0.263. The summed E-state index contributed by atoms with van der Waals surface area (Å²) in [4.78, 5) is 22.6. The summed E-state index contributed by atoms with van der Waals surface area (Å²) in [6.07, 6.45) is 6.87. The normalized spacial score (nSPS) is 16.8. The van der Waals surface area contributed by atoms with E-state index < -0.39 is 5.97 Å². The van der Waals surface area contributed by atoms with Crippen molar-refractivity contribution in [3.63, 3.8) is 0 Å². The van der Waals surface area contributed by atoms with Crippen molar-refractivity contribution in [2.45, 2.75) is 26.7 Å². The SMILES string of the molecule is CC1(C)C=C(/C=C/C#Cc2ccc(C(=O)O)cc2)C(=O)CC1. The zero-order valence-electron chi connectivity index (χ0n) is 12.7. The van der Waals surface area contributed by atoms with Crippen LogP contribution in [0.1, 0.15) is 42.6 Å². The lowest BCUT2D eigenvalue weighted by atomic mass is 9.79. The third-order valence-electron chi connectivity index (χ3n) is 3.56. The van der Waals surface area contributed by atoms with E-state index in [9.17, 15) is 9.59 Å². The molecule has 1 aromatic rings. The number of aromatic carboxylic acids is 1. The van der Waals surface area contributed by atoms with Crippen LogP contribution in [0.25, 0.3) is 0 Å². The summed E-state index contributed by atoms with van der Waals surface area (Å²) in [5.74, 6) is 4.99. The average Bonchev–Trinajstić information content (AvgIpc) is 2.47. The largest absolute Gasteiger partial charge is 0.478 e. The first kappa shape index (κ1) is 15.8. The number of hydrogen-bond donors (Lipinski definition) is 1. The maximum Gasteiger partial charge on any atom is 0.335 e. The van der Waals surface area contributed by atoms with Gasteiger partial charge in [-0.2, -0.15) is 0 Å². The molecule has 0 aliphatic heterocycles. The first-order valence-electron chi connectivity index (χ1n) is 7.15. The van der Waals surface area contributed by atoms with Gasteiger partial charge in [0.1, 0.15) is 0 Å². The molecule has 1 aliphatic rings. The van der Waals surface area contributed by atoms with Crippen LogP contribution < -0.4 is 0 Å². The summed E-state index contributed by atoms with van der Waals surface area (Å²) >= 11 is 0. The fourth-order valence-corrected chi connectivity index (χ4v) is 2.25. The van der Waals surface area contributed by atoms with Gasteiger partial charge in [-0.05, 0) is 48.3 Å². The van der Waals surface area contributed by atoms with Gasteiger partial charge in [-0.15, -0.1) is 0 Å². The zero-order valence-corrected chi connectivity index (χ0v) is 12.7. The summed E-state index contributed by atoms with van der Waals surface area (Å²) in [6.45, 7) is 4.23. The Bertz CT molecular complexity index is 707. The molecule has 0 bridgehead atoms. The number of allylic oxidation sites excluding steroid dienone is 4. The number of carboxylic acid groups (broad SMARTS) is 1. The molecule has 1 aromatic carbocycles. The first-order valence-corrected chi connectivity index (χ1v) is 7.15. The van der Waals surface area contributed by atoms with Crippen LogP contribution in [-0.2, 0) is 4.79 Å². The predicted octanol–water partition coefficient (Wildman–Crippen LogP) is 3.61. The molecule has 0 amide bonds. The number of carbonyl (C=O) groups excluding carboxylic acids is 1. The van der Waals surface area contributed by atoms with Gasteiger partial charge in [0.15, 0.2) is 5.78 Å². The molecular formula is C19H18O3. The summed E-state index contributed by atoms with van der Waals surface area (Å²) in [7, 11) is 0. The van der Waals surface area contributed by atoms with Crippen molar-refractivity contribution in [1.82, 2.24) is 0 Å². The zero-order chi connectivity index (χ0) is 16.2. The lowest BCUT2D eigenvalue weighted by molar-refractivity contribution is -0.116. The van der Waals surface area contributed by atoms with E-state index >= 15 is 0 Å². The Morgan fingerprint density at radius 1 is 1.27 bits per heavy atom. The van der Waals surface area contributed by atoms with Gasteiger partial charge in [-0.3, -0.25) is 4.79 Å². The van der Waals surface area contributed by atoms with E-state index in [0.29, 0.717) is 12.0 Å². The number of rotatable bonds is 2. The highest BCUT2D eigenvalue weighted by atomic mass is 16.4. The van der Waals surface area contributed by atoms with Crippen LogP contribution in [0.4, 0.5) is 0 Å². The molecule has 2 rings (SSSR count). The van der Waals surface area contributed by atoms with Crippen molar-refractivity contribution in [3.8, 4) is 11.8 Å². The van der Waals surface area contributed by atoms with Gasteiger partial charge in [-0.1, -0.05) is 31.8 Å². The topological polar surface area (TPSA) is 54.4 Å². The van der Waals surface area contributed by atoms with Gasteiger partial charge in [0.25, 0.3) is 0 Å². The third-order valence-corrected chi connectivity index (χ3v) is 3.56. The Morgan fingerprint density at radius 3 is 2.59 bits per heavy atom. The maximum atomic E-state index is 11.8. The van der Waals surface area contributed by atoms with Gasteiger partial charge >= 0.3 is 5.97 Å². The molecule has 0 fully saturated rings. The minimum Gasteiger partial charge on any atom is -0.478 e. The molecule has 0 aromatic heterocycles. The quantitative estimate of drug-likeness (QED) is 0.848. The van der Waals surface area contributed by atoms with Crippen LogP contribution in [0.15, 0.2) is 48.1 Å². The Hall–Kier alpha value is -2.60. The number of benzene rings is 1. The first-order chi connectivity index (χ1) is 10.4. The van der Waals surface area contributed by atoms with E-state index in [2.05, 4.69) is 25.7 Å². The lowest BCUT2D eigenvalue weighted by Gasteiger charge is -2.25. The summed E-state index contributed by atoms with van der Waals surface area (Å²) in [5, 5.41) is 8.82. The van der Waals surface area contributed by atoms with Crippen LogP contribution in [0.5, 0.6) is 0 Å². The van der Waals surface area contributed by atoms with Crippen molar-refractivity contribution in [2.75, 3.05) is 0 Å². The molecule has 112 valence electrons. The minimum atomic E-state index is -0.954. The molecule has 0 atom stereocenters. The molecule has 0 unspecified atom stereocenters. The van der Waals surface area contributed by atoms with Gasteiger partial charge in [-0.25, -0.2) is 4.79 Å². The van der Waals surface area contributed by atoms with Crippen molar-refractivity contribution in [2.24, 2.45) is 5.41 Å². The third kappa shape index (κ3) is 4.20. The molecule has 0 saturated heterocycles. The fourth-order valence-electron chi connectivity index (χ4n) is 2.25. The standard InChI is InChI=1S/C19H18O3/c1-19(2)12-11-17(20)16(13-19)6-4-3-5-14-7-9-15(10-8-14)18(21)22/h4,6-10,13H,11-12H2,1-2H3,(H,21,22)/b6-4+. The molecule has 1 N–H and O–H groups in total. The Labute approximate surface area is 130 Å². The Kier molecular flexibility index (Phi) is 4.62. The van der Waals surface area contributed by atoms with Crippen molar-refractivity contribution in [3.05, 3.63) is 59.2 Å². The van der Waals surface area contributed by atoms with Crippen molar-refractivity contribution < 1.29 is 14.7 Å². The molecular weight excluding hydrogens is 276 g/mol. The van der Waals surface area contributed by atoms with Gasteiger partial charge in [0.05, 0.1) is 5.56 Å². The van der Waals surface area contributed by atoms with Crippen LogP contribution >= 0.6 is 0 Å². The second-order valence-electron chi connectivity index (χ2n) is 6.00. The molecule has 0 radical (unpaired) electrons. The van der Waals surface area contributed by atoms with E-state index in [4.69, 9.17) is 5.11 Å². The number of carboxylic acids is 1. The number of hydrogen-bond acceptors (Lipinski definition) is 2. The van der Waals surface area contributed by atoms with E-state index in [1.807, 2.05) is 6.08 Å². The van der Waals surface area contributed by atoms with Crippen LogP contribution in [0.3, 0.4) is 0 Å². The van der Waals surface area contributed by atoms with Gasteiger partial charge in [0.2, 0.25) is 0 Å². The molecule has 0 heterocycles. The number of ketones is 1. The molecule has 0 saturated carbocycles. The maximum absolute atomic E-state index is 11.8. The van der Waals surface area contributed by atoms with Crippen LogP contribution in [-0.4, -0.2) is 16.9 Å². The summed E-state index contributed by atoms with van der Waals surface area (Å²) < 4.78 is 0. The van der Waals surface area contributed by atoms with Crippen LogP contribution in [0, 0.1) is 17.3 Å². The smallest absolute Gasteiger partial charge is 0.335 e. The van der Waals surface area contributed by atoms with E-state index in [1.54, 1.807) is 24.3 Å². The highest BCUT2D eigenvalue weighted by molar-refractivity contribution is 5.99. The Balaban J connectivity index is 2.08.